The molecule has 2 aliphatic heterocycles. The molecule has 2 fully saturated rings. The molecule has 1 amide bonds. The Bertz CT molecular complexity index is 1450. The molecule has 1 saturated carbocycles. The largest absolute Gasteiger partial charge is 0.485 e. The average Bonchev–Trinajstić information content (AvgIpc) is 3.32. The fraction of sp³-hybridized carbons (Fsp3) is 0.714. The summed E-state index contributed by atoms with van der Waals surface area (Å²) < 4.78 is 28.7. The van der Waals surface area contributed by atoms with Gasteiger partial charge >= 0.3 is 24.0 Å². The molecule has 13 heteroatoms. The van der Waals surface area contributed by atoms with E-state index in [1.807, 2.05) is 19.2 Å². The van der Waals surface area contributed by atoms with E-state index in [1.165, 1.54) is 6.92 Å². The highest BCUT2D eigenvalue weighted by atomic mass is 16.6. The van der Waals surface area contributed by atoms with Gasteiger partial charge in [-0.2, -0.15) is 0 Å². The van der Waals surface area contributed by atoms with Crippen LogP contribution in [-0.4, -0.2) is 99.9 Å². The molecule has 0 aromatic heterocycles. The molecule has 1 aromatic rings. The Kier molecular flexibility index (Phi) is 9.56. The number of aliphatic hydroxyl groups is 2. The van der Waals surface area contributed by atoms with Crippen LogP contribution in [-0.2, 0) is 51.8 Å². The second kappa shape index (κ2) is 12.8. The van der Waals surface area contributed by atoms with E-state index in [9.17, 15) is 29.4 Å². The Balaban J connectivity index is 1.31. The summed E-state index contributed by atoms with van der Waals surface area (Å²) in [5.41, 5.74) is -1.00. The predicted octanol–water partition coefficient (Wildman–Crippen LogP) is 2.82. The van der Waals surface area contributed by atoms with Crippen molar-refractivity contribution in [2.75, 3.05) is 13.6 Å². The fourth-order valence-electron chi connectivity index (χ4n) is 7.92. The van der Waals surface area contributed by atoms with Gasteiger partial charge in [-0.05, 0) is 99.7 Å². The Morgan fingerprint density at radius 2 is 1.75 bits per heavy atom. The number of piperidine rings is 1. The zero-order valence-corrected chi connectivity index (χ0v) is 29.2. The van der Waals surface area contributed by atoms with Gasteiger partial charge in [0.2, 0.25) is 0 Å². The lowest BCUT2D eigenvalue weighted by molar-refractivity contribution is -0.216. The molecule has 4 aliphatic rings. The maximum Gasteiger partial charge on any atom is 0.408 e. The summed E-state index contributed by atoms with van der Waals surface area (Å²) in [6, 6.07) is 2.37. The van der Waals surface area contributed by atoms with Crippen LogP contribution in [0.15, 0.2) is 12.1 Å². The van der Waals surface area contributed by atoms with Crippen molar-refractivity contribution in [2.45, 2.75) is 146 Å². The molecule has 48 heavy (non-hydrogen) atoms. The summed E-state index contributed by atoms with van der Waals surface area (Å²) in [6.45, 7) is 12.0. The van der Waals surface area contributed by atoms with Crippen molar-refractivity contribution in [3.05, 3.63) is 28.8 Å². The zero-order chi connectivity index (χ0) is 35.4. The molecule has 5 rings (SSSR count). The molecular formula is C35H50N2O11. The molecule has 1 aromatic carbocycles. The van der Waals surface area contributed by atoms with E-state index in [0.29, 0.717) is 43.5 Å². The molecule has 1 saturated heterocycles. The van der Waals surface area contributed by atoms with Gasteiger partial charge in [0.25, 0.3) is 0 Å². The third-order valence-corrected chi connectivity index (χ3v) is 9.87. The summed E-state index contributed by atoms with van der Waals surface area (Å²) in [5.74, 6) is -1.79. The van der Waals surface area contributed by atoms with Crippen LogP contribution in [0.3, 0.4) is 0 Å². The van der Waals surface area contributed by atoms with Crippen LogP contribution in [0.5, 0.6) is 5.75 Å². The van der Waals surface area contributed by atoms with Crippen molar-refractivity contribution in [3.8, 4) is 5.75 Å². The number of alkyl carbamates (subject to hydrolysis) is 1. The van der Waals surface area contributed by atoms with E-state index in [4.69, 9.17) is 23.7 Å². The smallest absolute Gasteiger partial charge is 0.408 e. The van der Waals surface area contributed by atoms with E-state index < -0.39 is 70.6 Å². The highest BCUT2D eigenvalue weighted by Gasteiger charge is 2.73. The number of rotatable bonds is 9. The number of carbonyl (C=O) groups excluding carboxylic acids is 4. The third-order valence-electron chi connectivity index (χ3n) is 9.87. The predicted molar refractivity (Wildman–Crippen MR) is 171 cm³/mol. The van der Waals surface area contributed by atoms with Gasteiger partial charge in [0.1, 0.15) is 35.2 Å². The molecule has 2 heterocycles. The third kappa shape index (κ3) is 6.60. The van der Waals surface area contributed by atoms with Crippen LogP contribution in [0.4, 0.5) is 4.79 Å². The number of likely N-dealkylation sites (tertiary alicyclic amines) is 1. The van der Waals surface area contributed by atoms with E-state index in [-0.39, 0.29) is 25.5 Å². The van der Waals surface area contributed by atoms with E-state index >= 15 is 0 Å². The lowest BCUT2D eigenvalue weighted by Gasteiger charge is -2.63. The van der Waals surface area contributed by atoms with Crippen molar-refractivity contribution >= 4 is 24.0 Å². The first-order valence-corrected chi connectivity index (χ1v) is 16.8. The summed E-state index contributed by atoms with van der Waals surface area (Å²) in [4.78, 5) is 53.9. The number of nitrogens with zero attached hydrogens (tertiary/aromatic N) is 1. The number of likely N-dealkylation sites (N-methyl/N-ethyl adjacent to an activating group) is 1. The zero-order valence-electron chi connectivity index (χ0n) is 29.2. The highest BCUT2D eigenvalue weighted by Crippen LogP contribution is 2.64. The molecule has 2 aliphatic carbocycles. The SMILES string of the molecule is C[C@H](OC(=O)[C@H](CCC(=O)OC(C)(C)C)NC(=O)OC(C)(C)C)C(=O)OC1CC[C@@]2(O)[C@H]3Cc4ccc(CO)c5c4[C@@]2(CCN3C)[C@H]1O5. The van der Waals surface area contributed by atoms with Crippen LogP contribution in [0.25, 0.3) is 0 Å². The van der Waals surface area contributed by atoms with Crippen molar-refractivity contribution < 1.29 is 53.1 Å². The van der Waals surface area contributed by atoms with Crippen molar-refractivity contribution in [2.24, 2.45) is 0 Å². The van der Waals surface area contributed by atoms with Crippen LogP contribution >= 0.6 is 0 Å². The number of carbonyl (C=O) groups is 4. The average molecular weight is 675 g/mol. The van der Waals surface area contributed by atoms with E-state index in [0.717, 1.165) is 11.1 Å². The second-order valence-electron chi connectivity index (χ2n) is 15.5. The normalized spacial score (nSPS) is 28.7. The van der Waals surface area contributed by atoms with Crippen molar-refractivity contribution in [1.29, 1.82) is 0 Å². The van der Waals surface area contributed by atoms with Gasteiger partial charge in [0.15, 0.2) is 6.10 Å². The molecule has 13 nitrogen and oxygen atoms in total. The first-order chi connectivity index (χ1) is 22.3. The highest BCUT2D eigenvalue weighted by molar-refractivity contribution is 5.85. The van der Waals surface area contributed by atoms with Crippen molar-refractivity contribution in [1.82, 2.24) is 10.2 Å². The molecule has 3 N–H and O–H groups in total. The number of ether oxygens (including phenoxy) is 5. The van der Waals surface area contributed by atoms with Crippen LogP contribution in [0, 0.1) is 0 Å². The Morgan fingerprint density at radius 1 is 1.06 bits per heavy atom. The summed E-state index contributed by atoms with van der Waals surface area (Å²) in [5, 5.41) is 25.0. The van der Waals surface area contributed by atoms with Gasteiger partial charge in [-0.3, -0.25) is 4.79 Å². The standard InChI is InChI=1S/C35H50N2O11/c1-19(44-30(41)22(36-31(42)48-33(5,6)7)11-12-25(39)47-32(2,3)4)29(40)45-23-13-14-35(43)24-17-20-9-10-21(18-38)27-26(20)34(35,28(23)46-27)15-16-37(24)8/h9-10,19,22-24,28,38,43H,11-18H2,1-8H3,(H,36,42)/t19-,22-,23?,24+,28-,34-,35+/m0/s1. The number of nitrogens with one attached hydrogen (secondary N) is 1. The molecule has 1 unspecified atom stereocenters. The van der Waals surface area contributed by atoms with Gasteiger partial charge in [0.05, 0.1) is 17.6 Å². The molecule has 2 bridgehead atoms. The number of aliphatic hydroxyl groups excluding tert-OH is 1. The fourth-order valence-corrected chi connectivity index (χ4v) is 7.92. The first kappa shape index (κ1) is 35.9. The number of hydrogen-bond donors (Lipinski definition) is 3. The Hall–Kier alpha value is -3.42. The second-order valence-corrected chi connectivity index (χ2v) is 15.5. The Labute approximate surface area is 281 Å². The van der Waals surface area contributed by atoms with E-state index in [2.05, 4.69) is 10.2 Å². The van der Waals surface area contributed by atoms with Gasteiger partial charge in [-0.25, -0.2) is 14.4 Å². The summed E-state index contributed by atoms with van der Waals surface area (Å²) >= 11 is 0. The maximum absolute atomic E-state index is 13.5. The molecule has 0 radical (unpaired) electrons. The molecule has 266 valence electrons. The number of esters is 3. The maximum atomic E-state index is 13.5. The van der Waals surface area contributed by atoms with Crippen molar-refractivity contribution in [3.63, 3.8) is 0 Å². The molecule has 7 atom stereocenters. The van der Waals surface area contributed by atoms with Crippen LogP contribution in [0.2, 0.25) is 0 Å². The van der Waals surface area contributed by atoms with Gasteiger partial charge in [-0.15, -0.1) is 0 Å². The lowest BCUT2D eigenvalue weighted by Crippen LogP contribution is -2.76. The first-order valence-electron chi connectivity index (χ1n) is 16.8. The lowest BCUT2D eigenvalue weighted by atomic mass is 9.48. The molecular weight excluding hydrogens is 624 g/mol. The summed E-state index contributed by atoms with van der Waals surface area (Å²) in [7, 11) is 2.01. The minimum atomic E-state index is -1.37. The Morgan fingerprint density at radius 3 is 2.40 bits per heavy atom. The number of hydrogen-bond acceptors (Lipinski definition) is 12. The minimum absolute atomic E-state index is 0.151. The topological polar surface area (TPSA) is 170 Å². The monoisotopic (exact) mass is 674 g/mol. The van der Waals surface area contributed by atoms with Gasteiger partial charge in [0, 0.05) is 23.6 Å². The number of amides is 1. The van der Waals surface area contributed by atoms with Gasteiger partial charge < -0.3 is 44.1 Å². The van der Waals surface area contributed by atoms with Gasteiger partial charge in [-0.1, -0.05) is 12.1 Å². The van der Waals surface area contributed by atoms with Crippen LogP contribution in [0.1, 0.15) is 97.3 Å². The molecule has 1 spiro atoms. The minimum Gasteiger partial charge on any atom is -0.485 e. The number of benzene rings is 1. The van der Waals surface area contributed by atoms with Crippen LogP contribution < -0.4 is 10.1 Å². The van der Waals surface area contributed by atoms with E-state index in [1.54, 1.807) is 41.5 Å². The summed E-state index contributed by atoms with van der Waals surface area (Å²) in [6.07, 6.45) is -2.20. The quantitative estimate of drug-likeness (QED) is 0.259.